The molecule has 2 heterocycles. The van der Waals surface area contributed by atoms with Gasteiger partial charge in [-0.1, -0.05) is 13.8 Å². The second-order valence-corrected chi connectivity index (χ2v) is 7.05. The third-order valence-corrected chi connectivity index (χ3v) is 4.57. The molecule has 2 rings (SSSR count). The van der Waals surface area contributed by atoms with Gasteiger partial charge in [0.15, 0.2) is 0 Å². The molecule has 0 atom stereocenters. The van der Waals surface area contributed by atoms with Crippen molar-refractivity contribution >= 4 is 16.6 Å². The Bertz CT molecular complexity index is 452. The van der Waals surface area contributed by atoms with E-state index in [1.165, 1.54) is 11.1 Å². The van der Waals surface area contributed by atoms with Crippen LogP contribution in [0.1, 0.15) is 25.0 Å². The van der Waals surface area contributed by atoms with Crippen LogP contribution < -0.4 is 10.2 Å². The molecule has 1 aliphatic rings. The highest BCUT2D eigenvalue weighted by atomic mass is 32.2. The zero-order valence-corrected chi connectivity index (χ0v) is 12.8. The maximum Gasteiger partial charge on any atom is 0.131 e. The summed E-state index contributed by atoms with van der Waals surface area (Å²) in [6, 6.07) is 2.68. The number of aryl methyl sites for hydroxylation is 1. The highest BCUT2D eigenvalue weighted by Gasteiger charge is 2.18. The fourth-order valence-electron chi connectivity index (χ4n) is 2.23. The first kappa shape index (κ1) is 14.5. The Morgan fingerprint density at radius 3 is 2.68 bits per heavy atom. The maximum atomic E-state index is 11.4. The average Bonchev–Trinajstić information content (AvgIpc) is 2.38. The molecular weight excluding hydrogens is 258 g/mol. The van der Waals surface area contributed by atoms with Gasteiger partial charge in [-0.3, -0.25) is 4.21 Å². The number of pyridine rings is 1. The van der Waals surface area contributed by atoms with Crippen LogP contribution in [-0.4, -0.2) is 39.8 Å². The van der Waals surface area contributed by atoms with Crippen molar-refractivity contribution in [2.24, 2.45) is 0 Å². The van der Waals surface area contributed by atoms with Crippen LogP contribution in [0.2, 0.25) is 0 Å². The van der Waals surface area contributed by atoms with Gasteiger partial charge in [0.05, 0.1) is 0 Å². The number of nitrogens with zero attached hydrogens (tertiary/aromatic N) is 2. The fourth-order valence-corrected chi connectivity index (χ4v) is 3.28. The highest BCUT2D eigenvalue weighted by Crippen LogP contribution is 2.19. The summed E-state index contributed by atoms with van der Waals surface area (Å²) in [5.74, 6) is 2.57. The topological polar surface area (TPSA) is 45.2 Å². The van der Waals surface area contributed by atoms with Crippen LogP contribution >= 0.6 is 0 Å². The van der Waals surface area contributed by atoms with Crippen molar-refractivity contribution in [2.45, 2.75) is 33.4 Å². The lowest BCUT2D eigenvalue weighted by molar-refractivity contribution is 0.587. The Morgan fingerprint density at radius 1 is 1.42 bits per heavy atom. The average molecular weight is 281 g/mol. The third kappa shape index (κ3) is 4.01. The lowest BCUT2D eigenvalue weighted by Gasteiger charge is -2.28. The van der Waals surface area contributed by atoms with Crippen molar-refractivity contribution in [1.82, 2.24) is 10.3 Å². The van der Waals surface area contributed by atoms with E-state index in [1.807, 2.05) is 6.20 Å². The van der Waals surface area contributed by atoms with Gasteiger partial charge in [0, 0.05) is 54.2 Å². The summed E-state index contributed by atoms with van der Waals surface area (Å²) < 4.78 is 11.4. The molecule has 0 saturated carbocycles. The second-order valence-electron chi connectivity index (χ2n) is 5.35. The van der Waals surface area contributed by atoms with Crippen LogP contribution in [0.4, 0.5) is 5.82 Å². The minimum atomic E-state index is -0.633. The molecule has 1 aromatic heterocycles. The van der Waals surface area contributed by atoms with Gasteiger partial charge in [-0.25, -0.2) is 4.98 Å². The Hall–Kier alpha value is -0.940. The Morgan fingerprint density at radius 2 is 2.11 bits per heavy atom. The van der Waals surface area contributed by atoms with Crippen LogP contribution in [0.5, 0.6) is 0 Å². The van der Waals surface area contributed by atoms with Crippen LogP contribution in [-0.2, 0) is 17.3 Å². The van der Waals surface area contributed by atoms with E-state index in [-0.39, 0.29) is 0 Å². The molecule has 1 fully saturated rings. The first-order valence-electron chi connectivity index (χ1n) is 6.85. The number of hydrogen-bond donors (Lipinski definition) is 1. The largest absolute Gasteiger partial charge is 0.355 e. The Balaban J connectivity index is 2.04. The van der Waals surface area contributed by atoms with E-state index in [4.69, 9.17) is 0 Å². The molecule has 0 amide bonds. The number of nitrogens with one attached hydrogen (secondary N) is 1. The molecule has 0 unspecified atom stereocenters. The lowest BCUT2D eigenvalue weighted by Crippen LogP contribution is -2.38. The summed E-state index contributed by atoms with van der Waals surface area (Å²) in [7, 11) is -0.633. The molecule has 1 aromatic rings. The predicted octanol–water partition coefficient (Wildman–Crippen LogP) is 1.46. The number of anilines is 1. The van der Waals surface area contributed by atoms with E-state index in [9.17, 15) is 4.21 Å². The van der Waals surface area contributed by atoms with Crippen LogP contribution in [0.3, 0.4) is 0 Å². The molecule has 0 bridgehead atoms. The van der Waals surface area contributed by atoms with Gasteiger partial charge >= 0.3 is 0 Å². The normalized spacial score (nSPS) is 17.2. The fraction of sp³-hybridized carbons (Fsp3) is 0.643. The highest BCUT2D eigenvalue weighted by molar-refractivity contribution is 7.85. The molecule has 0 spiro atoms. The summed E-state index contributed by atoms with van der Waals surface area (Å²) in [5.41, 5.74) is 2.42. The number of rotatable bonds is 4. The number of aromatic nitrogens is 1. The van der Waals surface area contributed by atoms with E-state index in [1.54, 1.807) is 0 Å². The molecule has 1 saturated heterocycles. The van der Waals surface area contributed by atoms with E-state index in [2.05, 4.69) is 42.0 Å². The molecule has 1 aliphatic heterocycles. The van der Waals surface area contributed by atoms with Gasteiger partial charge < -0.3 is 10.2 Å². The van der Waals surface area contributed by atoms with Gasteiger partial charge in [0.1, 0.15) is 5.82 Å². The van der Waals surface area contributed by atoms with Crippen molar-refractivity contribution in [1.29, 1.82) is 0 Å². The van der Waals surface area contributed by atoms with Crippen LogP contribution in [0.15, 0.2) is 12.3 Å². The quantitative estimate of drug-likeness (QED) is 0.907. The van der Waals surface area contributed by atoms with Gasteiger partial charge in [-0.2, -0.15) is 0 Å². The van der Waals surface area contributed by atoms with E-state index >= 15 is 0 Å². The molecule has 1 N–H and O–H groups in total. The van der Waals surface area contributed by atoms with Crippen LogP contribution in [0, 0.1) is 6.92 Å². The Labute approximate surface area is 118 Å². The van der Waals surface area contributed by atoms with Gasteiger partial charge in [0.25, 0.3) is 0 Å². The molecule has 19 heavy (non-hydrogen) atoms. The minimum absolute atomic E-state index is 0.483. The molecule has 0 aromatic carbocycles. The summed E-state index contributed by atoms with van der Waals surface area (Å²) >= 11 is 0. The third-order valence-electron chi connectivity index (χ3n) is 3.30. The molecular formula is C14H23N3OS. The molecule has 106 valence electrons. The summed E-state index contributed by atoms with van der Waals surface area (Å²) in [6.07, 6.45) is 1.95. The van der Waals surface area contributed by atoms with Crippen molar-refractivity contribution in [2.75, 3.05) is 29.5 Å². The summed E-state index contributed by atoms with van der Waals surface area (Å²) in [5, 5.41) is 3.40. The molecule has 0 aliphatic carbocycles. The maximum absolute atomic E-state index is 11.4. The summed E-state index contributed by atoms with van der Waals surface area (Å²) in [6.45, 7) is 8.95. The predicted molar refractivity (Wildman–Crippen MR) is 81.0 cm³/mol. The van der Waals surface area contributed by atoms with E-state index < -0.39 is 10.8 Å². The zero-order chi connectivity index (χ0) is 13.8. The number of hydrogen-bond acceptors (Lipinski definition) is 4. The van der Waals surface area contributed by atoms with E-state index in [0.29, 0.717) is 6.04 Å². The summed E-state index contributed by atoms with van der Waals surface area (Å²) in [4.78, 5) is 6.84. The van der Waals surface area contributed by atoms with Gasteiger partial charge in [-0.15, -0.1) is 0 Å². The molecule has 5 heteroatoms. The standard InChI is InChI=1S/C14H23N3OS/c1-11(2)15-9-13-8-12(3)14(16-10-13)17-4-6-19(18)7-5-17/h8,10-11,15H,4-7,9H2,1-3H3. The molecule has 4 nitrogen and oxygen atoms in total. The SMILES string of the molecule is Cc1cc(CNC(C)C)cnc1N1CCS(=O)CC1. The Kier molecular flexibility index (Phi) is 4.93. The van der Waals surface area contributed by atoms with Crippen molar-refractivity contribution in [3.63, 3.8) is 0 Å². The van der Waals surface area contributed by atoms with Crippen LogP contribution in [0.25, 0.3) is 0 Å². The lowest BCUT2D eigenvalue weighted by atomic mass is 10.2. The zero-order valence-electron chi connectivity index (χ0n) is 12.0. The second kappa shape index (κ2) is 6.48. The minimum Gasteiger partial charge on any atom is -0.355 e. The van der Waals surface area contributed by atoms with Crippen molar-refractivity contribution < 1.29 is 4.21 Å². The van der Waals surface area contributed by atoms with Crippen molar-refractivity contribution in [3.8, 4) is 0 Å². The van der Waals surface area contributed by atoms with E-state index in [0.717, 1.165) is 37.0 Å². The van der Waals surface area contributed by atoms with Gasteiger partial charge in [0.2, 0.25) is 0 Å². The van der Waals surface area contributed by atoms with Crippen molar-refractivity contribution in [3.05, 3.63) is 23.4 Å². The van der Waals surface area contributed by atoms with Gasteiger partial charge in [-0.05, 0) is 24.1 Å². The molecule has 0 radical (unpaired) electrons. The first-order chi connectivity index (χ1) is 9.06. The monoisotopic (exact) mass is 281 g/mol. The smallest absolute Gasteiger partial charge is 0.131 e. The first-order valence-corrected chi connectivity index (χ1v) is 8.34.